The maximum Gasteiger partial charge on any atom is 0.410 e. The molecule has 2 bridgehead atoms. The summed E-state index contributed by atoms with van der Waals surface area (Å²) >= 11 is 5.83. The van der Waals surface area contributed by atoms with Gasteiger partial charge in [0.05, 0.1) is 12.1 Å². The van der Waals surface area contributed by atoms with Crippen LogP contribution in [0.15, 0.2) is 18.3 Å². The van der Waals surface area contributed by atoms with E-state index < -0.39 is 11.7 Å². The lowest BCUT2D eigenvalue weighted by Gasteiger charge is -2.28. The van der Waals surface area contributed by atoms with Crippen LogP contribution in [0.1, 0.15) is 45.1 Å². The van der Waals surface area contributed by atoms with Crippen molar-refractivity contribution in [2.24, 2.45) is 0 Å². The smallest absolute Gasteiger partial charge is 0.410 e. The van der Waals surface area contributed by atoms with Gasteiger partial charge in [0, 0.05) is 18.2 Å². The summed E-state index contributed by atoms with van der Waals surface area (Å²) in [4.78, 5) is 18.3. The Morgan fingerprint density at radius 2 is 2.05 bits per heavy atom. The second-order valence-electron chi connectivity index (χ2n) is 7.03. The predicted octanol–water partition coefficient (Wildman–Crippen LogP) is 2.96. The number of fused-ring (bicyclic) bond motifs is 2. The summed E-state index contributed by atoms with van der Waals surface area (Å²) in [6.45, 7) is 5.54. The molecule has 2 aliphatic heterocycles. The van der Waals surface area contributed by atoms with E-state index in [4.69, 9.17) is 16.3 Å². The highest BCUT2D eigenvalue weighted by atomic mass is 35.5. The van der Waals surface area contributed by atoms with Crippen LogP contribution in [0.4, 0.5) is 4.79 Å². The van der Waals surface area contributed by atoms with E-state index in [0.717, 1.165) is 18.4 Å². The van der Waals surface area contributed by atoms with Crippen molar-refractivity contribution in [1.29, 1.82) is 0 Å². The second kappa shape index (κ2) is 5.39. The van der Waals surface area contributed by atoms with Crippen molar-refractivity contribution in [3.8, 4) is 0 Å². The maximum atomic E-state index is 12.5. The molecule has 22 heavy (non-hydrogen) atoms. The third kappa shape index (κ3) is 2.68. The summed E-state index contributed by atoms with van der Waals surface area (Å²) in [5.74, 6) is -0.129. The van der Waals surface area contributed by atoms with Gasteiger partial charge in [0.2, 0.25) is 0 Å². The van der Waals surface area contributed by atoms with Gasteiger partial charge in [-0.15, -0.1) is 0 Å². The molecular formula is C16H21ClN2O3. The van der Waals surface area contributed by atoms with Crippen LogP contribution in [0.2, 0.25) is 5.15 Å². The van der Waals surface area contributed by atoms with Crippen LogP contribution >= 0.6 is 11.6 Å². The quantitative estimate of drug-likeness (QED) is 0.807. The van der Waals surface area contributed by atoms with Crippen molar-refractivity contribution >= 4 is 17.7 Å². The van der Waals surface area contributed by atoms with E-state index in [0.29, 0.717) is 5.15 Å². The molecule has 0 saturated carbocycles. The minimum absolute atomic E-state index is 0.0437. The molecule has 1 N–H and O–H groups in total. The van der Waals surface area contributed by atoms with Gasteiger partial charge in [0.1, 0.15) is 10.8 Å². The van der Waals surface area contributed by atoms with Gasteiger partial charge >= 0.3 is 6.09 Å². The van der Waals surface area contributed by atoms with Crippen LogP contribution in [-0.4, -0.2) is 44.9 Å². The first kappa shape index (κ1) is 15.6. The van der Waals surface area contributed by atoms with Gasteiger partial charge in [0.25, 0.3) is 0 Å². The van der Waals surface area contributed by atoms with Gasteiger partial charge < -0.3 is 9.84 Å². The van der Waals surface area contributed by atoms with Crippen molar-refractivity contribution in [3.05, 3.63) is 29.0 Å². The molecule has 0 aromatic carbocycles. The maximum absolute atomic E-state index is 12.5. The molecule has 0 unspecified atom stereocenters. The van der Waals surface area contributed by atoms with Gasteiger partial charge in [-0.1, -0.05) is 17.7 Å². The number of nitrogens with zero attached hydrogens (tertiary/aromatic N) is 2. The van der Waals surface area contributed by atoms with Gasteiger partial charge in [0.15, 0.2) is 0 Å². The average molecular weight is 325 g/mol. The van der Waals surface area contributed by atoms with Gasteiger partial charge in [-0.3, -0.25) is 4.90 Å². The number of carbonyl (C=O) groups excluding carboxylic acids is 1. The molecule has 6 heteroatoms. The number of hydrogen-bond acceptors (Lipinski definition) is 4. The van der Waals surface area contributed by atoms with Crippen LogP contribution in [-0.2, 0) is 4.74 Å². The van der Waals surface area contributed by atoms with Crippen molar-refractivity contribution < 1.29 is 14.6 Å². The molecule has 2 fully saturated rings. The number of amides is 1. The fraction of sp³-hybridized carbons (Fsp3) is 0.625. The number of ether oxygens (including phenoxy) is 1. The third-order valence-corrected chi connectivity index (χ3v) is 4.61. The number of aliphatic hydroxyl groups is 1. The number of hydrogen-bond donors (Lipinski definition) is 1. The van der Waals surface area contributed by atoms with Gasteiger partial charge in [-0.25, -0.2) is 9.78 Å². The minimum Gasteiger partial charge on any atom is -0.444 e. The molecule has 120 valence electrons. The van der Waals surface area contributed by atoms with Crippen molar-refractivity contribution in [2.45, 2.75) is 63.3 Å². The molecule has 1 aromatic rings. The lowest BCUT2D eigenvalue weighted by atomic mass is 9.82. The van der Waals surface area contributed by atoms with Crippen molar-refractivity contribution in [3.63, 3.8) is 0 Å². The Hall–Kier alpha value is -1.33. The SMILES string of the molecule is CC(C)(C)OC(=O)N1[C@@H]2CC[C@H]1[C@@H](O)[C@@H]2c1ccc(Cl)nc1. The van der Waals surface area contributed by atoms with Gasteiger partial charge in [-0.2, -0.15) is 0 Å². The monoisotopic (exact) mass is 324 g/mol. The molecule has 2 saturated heterocycles. The first-order valence-corrected chi connectivity index (χ1v) is 7.96. The average Bonchev–Trinajstić information content (AvgIpc) is 2.94. The molecule has 1 amide bonds. The normalized spacial score (nSPS) is 30.7. The molecule has 1 aromatic heterocycles. The van der Waals surface area contributed by atoms with Crippen LogP contribution in [0.3, 0.4) is 0 Å². The van der Waals surface area contributed by atoms with E-state index in [1.54, 1.807) is 17.2 Å². The Kier molecular flexibility index (Phi) is 3.81. The van der Waals surface area contributed by atoms with Crippen LogP contribution in [0.5, 0.6) is 0 Å². The summed E-state index contributed by atoms with van der Waals surface area (Å²) in [6.07, 6.45) is 2.43. The number of rotatable bonds is 1. The second-order valence-corrected chi connectivity index (χ2v) is 7.42. The lowest BCUT2D eigenvalue weighted by molar-refractivity contribution is 0.0170. The summed E-state index contributed by atoms with van der Waals surface area (Å²) in [5.41, 5.74) is 0.374. The number of aromatic nitrogens is 1. The summed E-state index contributed by atoms with van der Waals surface area (Å²) < 4.78 is 5.49. The van der Waals surface area contributed by atoms with Crippen molar-refractivity contribution in [1.82, 2.24) is 9.88 Å². The molecule has 4 atom stereocenters. The first-order valence-electron chi connectivity index (χ1n) is 7.59. The number of halogens is 1. The standard InChI is InChI=1S/C16H21ClN2O3/c1-16(2,3)22-15(21)19-10-5-6-11(19)14(20)13(10)9-4-7-12(17)18-8-9/h4,7-8,10-11,13-14,20H,5-6H2,1-3H3/t10-,11+,13-,14-/m1/s1. The molecule has 0 aliphatic carbocycles. The Balaban J connectivity index is 1.84. The summed E-state index contributed by atoms with van der Waals surface area (Å²) in [6, 6.07) is 3.36. The van der Waals surface area contributed by atoms with Crippen molar-refractivity contribution in [2.75, 3.05) is 0 Å². The van der Waals surface area contributed by atoms with E-state index >= 15 is 0 Å². The molecule has 3 rings (SSSR count). The van der Waals surface area contributed by atoms with E-state index in [9.17, 15) is 9.90 Å². The highest BCUT2D eigenvalue weighted by molar-refractivity contribution is 6.29. The van der Waals surface area contributed by atoms with E-state index in [1.807, 2.05) is 26.8 Å². The molecular weight excluding hydrogens is 304 g/mol. The van der Waals surface area contributed by atoms with Gasteiger partial charge in [-0.05, 0) is 45.2 Å². The van der Waals surface area contributed by atoms with Crippen LogP contribution in [0.25, 0.3) is 0 Å². The number of aliphatic hydroxyl groups excluding tert-OH is 1. The topological polar surface area (TPSA) is 62.7 Å². The van der Waals surface area contributed by atoms with E-state index in [2.05, 4.69) is 4.98 Å². The fourth-order valence-electron chi connectivity index (χ4n) is 3.61. The highest BCUT2D eigenvalue weighted by Gasteiger charge is 2.56. The Bertz CT molecular complexity index is 570. The molecule has 3 heterocycles. The largest absolute Gasteiger partial charge is 0.444 e. The predicted molar refractivity (Wildman–Crippen MR) is 82.9 cm³/mol. The molecule has 5 nitrogen and oxygen atoms in total. The Morgan fingerprint density at radius 1 is 1.36 bits per heavy atom. The number of carbonyl (C=O) groups is 1. The third-order valence-electron chi connectivity index (χ3n) is 4.39. The van der Waals surface area contributed by atoms with E-state index in [-0.39, 0.29) is 24.1 Å². The molecule has 0 spiro atoms. The summed E-state index contributed by atoms with van der Waals surface area (Å²) in [5, 5.41) is 11.0. The fourth-order valence-corrected chi connectivity index (χ4v) is 3.72. The zero-order chi connectivity index (χ0) is 16.1. The summed E-state index contributed by atoms with van der Waals surface area (Å²) in [7, 11) is 0. The first-order chi connectivity index (χ1) is 10.3. The highest BCUT2D eigenvalue weighted by Crippen LogP contribution is 2.47. The molecule has 0 radical (unpaired) electrons. The Labute approximate surface area is 135 Å². The van der Waals surface area contributed by atoms with E-state index in [1.165, 1.54) is 0 Å². The minimum atomic E-state index is -0.589. The van der Waals surface area contributed by atoms with Crippen LogP contribution in [0, 0.1) is 0 Å². The lowest BCUT2D eigenvalue weighted by Crippen LogP contribution is -2.41. The Morgan fingerprint density at radius 3 is 2.64 bits per heavy atom. The van der Waals surface area contributed by atoms with Crippen LogP contribution < -0.4 is 0 Å². The zero-order valence-corrected chi connectivity index (χ0v) is 13.7. The molecule has 2 aliphatic rings. The zero-order valence-electron chi connectivity index (χ0n) is 13.0. The number of pyridine rings is 1.